The molecule has 0 aliphatic heterocycles. The topological polar surface area (TPSA) is 173 Å². The number of aliphatic imine (C=N–C) groups is 1. The van der Waals surface area contributed by atoms with E-state index in [4.69, 9.17) is 11.5 Å². The van der Waals surface area contributed by atoms with Gasteiger partial charge in [0.15, 0.2) is 11.6 Å². The van der Waals surface area contributed by atoms with Crippen LogP contribution in [0.4, 0.5) is 0 Å². The molecule has 0 aliphatic carbocycles. The zero-order chi connectivity index (χ0) is 19.7. The molecule has 0 aliphatic rings. The molecule has 0 aromatic carbocycles. The number of hydrogen-bond acceptors (Lipinski definition) is 8. The van der Waals surface area contributed by atoms with Crippen molar-refractivity contribution >= 4 is 17.1 Å². The highest BCUT2D eigenvalue weighted by Gasteiger charge is 2.22. The third-order valence-electron chi connectivity index (χ3n) is 3.71. The van der Waals surface area contributed by atoms with Crippen molar-refractivity contribution in [2.45, 2.75) is 20.8 Å². The van der Waals surface area contributed by atoms with Gasteiger partial charge in [0.25, 0.3) is 5.91 Å². The predicted octanol–water partition coefficient (Wildman–Crippen LogP) is 0.479. The molecule has 6 N–H and O–H groups in total. The minimum Gasteiger partial charge on any atom is -0.504 e. The van der Waals surface area contributed by atoms with E-state index >= 15 is 0 Å². The number of aromatic nitrogens is 6. The number of H-pyrrole nitrogens is 1. The number of nitrogens with zero attached hydrogens (tertiary/aromatic N) is 6. The van der Waals surface area contributed by atoms with E-state index in [1.165, 1.54) is 0 Å². The predicted molar refractivity (Wildman–Crippen MR) is 98.2 cm³/mol. The molecule has 1 amide bonds. The molecule has 3 heterocycles. The van der Waals surface area contributed by atoms with Crippen molar-refractivity contribution in [1.29, 1.82) is 0 Å². The number of rotatable bonds is 5. The van der Waals surface area contributed by atoms with Gasteiger partial charge in [-0.1, -0.05) is 0 Å². The minimum atomic E-state index is -0.690. The highest BCUT2D eigenvalue weighted by molar-refractivity contribution is 6.09. The van der Waals surface area contributed by atoms with Crippen LogP contribution in [0.25, 0.3) is 17.0 Å². The van der Waals surface area contributed by atoms with Gasteiger partial charge in [-0.3, -0.25) is 24.3 Å². The average Bonchev–Trinajstić information content (AvgIpc) is 3.23. The largest absolute Gasteiger partial charge is 0.504 e. The summed E-state index contributed by atoms with van der Waals surface area (Å²) in [6, 6.07) is 0. The number of carbonyl (C=O) groups is 1. The Bertz CT molecular complexity index is 1090. The van der Waals surface area contributed by atoms with Gasteiger partial charge in [0, 0.05) is 18.4 Å². The molecule has 0 atom stereocenters. The summed E-state index contributed by atoms with van der Waals surface area (Å²) in [6.07, 6.45) is 3.21. The fourth-order valence-electron chi connectivity index (χ4n) is 2.50. The van der Waals surface area contributed by atoms with E-state index < -0.39 is 5.91 Å². The highest BCUT2D eigenvalue weighted by Crippen LogP contribution is 2.22. The number of aryl methyl sites for hydroxylation is 1. The third-order valence-corrected chi connectivity index (χ3v) is 3.71. The molecule has 0 saturated carbocycles. The van der Waals surface area contributed by atoms with E-state index in [0.29, 0.717) is 23.4 Å². The molecular formula is C16H19N9O2. The lowest BCUT2D eigenvalue weighted by atomic mass is 10.2. The van der Waals surface area contributed by atoms with Crippen molar-refractivity contribution in [2.75, 3.05) is 6.54 Å². The Morgan fingerprint density at radius 1 is 1.37 bits per heavy atom. The van der Waals surface area contributed by atoms with E-state index in [2.05, 4.69) is 30.1 Å². The van der Waals surface area contributed by atoms with Crippen molar-refractivity contribution in [3.8, 4) is 11.5 Å². The quantitative estimate of drug-likeness (QED) is 0.373. The first-order valence-electron chi connectivity index (χ1n) is 8.11. The van der Waals surface area contributed by atoms with Crippen molar-refractivity contribution in [3.05, 3.63) is 41.2 Å². The second-order valence-corrected chi connectivity index (χ2v) is 5.79. The Balaban J connectivity index is 2.16. The molecule has 3 aromatic rings. The lowest BCUT2D eigenvalue weighted by molar-refractivity contribution is 0.0990. The summed E-state index contributed by atoms with van der Waals surface area (Å²) < 4.78 is 1.54. The summed E-state index contributed by atoms with van der Waals surface area (Å²) in [5.41, 5.74) is 13.0. The fraction of sp³-hybridized carbons (Fsp3) is 0.250. The van der Waals surface area contributed by atoms with Crippen molar-refractivity contribution in [2.24, 2.45) is 16.5 Å². The SMILES string of the molecule is CCN=C(C(O)=C(C)N)c1nc(-c2nc(C(N)=O)n3cc(C)ncc23)n[nH]1. The number of amides is 1. The zero-order valence-electron chi connectivity index (χ0n) is 15.1. The monoisotopic (exact) mass is 369 g/mol. The van der Waals surface area contributed by atoms with Crippen molar-refractivity contribution < 1.29 is 9.90 Å². The van der Waals surface area contributed by atoms with E-state index in [1.807, 2.05) is 6.92 Å². The van der Waals surface area contributed by atoms with Gasteiger partial charge >= 0.3 is 0 Å². The van der Waals surface area contributed by atoms with Gasteiger partial charge in [0.1, 0.15) is 11.4 Å². The molecule has 0 fully saturated rings. The maximum atomic E-state index is 11.7. The van der Waals surface area contributed by atoms with Crippen molar-refractivity contribution in [3.63, 3.8) is 0 Å². The number of aliphatic hydroxyl groups is 1. The maximum Gasteiger partial charge on any atom is 0.285 e. The molecular weight excluding hydrogens is 350 g/mol. The fourth-order valence-corrected chi connectivity index (χ4v) is 2.50. The number of primary amides is 1. The summed E-state index contributed by atoms with van der Waals surface area (Å²) in [7, 11) is 0. The Kier molecular flexibility index (Phi) is 4.59. The zero-order valence-corrected chi connectivity index (χ0v) is 15.1. The number of nitrogens with one attached hydrogen (secondary N) is 1. The Morgan fingerprint density at radius 3 is 2.74 bits per heavy atom. The van der Waals surface area contributed by atoms with Gasteiger partial charge < -0.3 is 16.6 Å². The highest BCUT2D eigenvalue weighted by atomic mass is 16.3. The van der Waals surface area contributed by atoms with Gasteiger partial charge in [-0.05, 0) is 20.8 Å². The summed E-state index contributed by atoms with van der Waals surface area (Å²) in [6.45, 7) is 5.55. The van der Waals surface area contributed by atoms with Crippen LogP contribution < -0.4 is 11.5 Å². The standard InChI is InChI=1S/C16H19N9O2/c1-4-19-11(12(26)8(3)17)15-22-14(23-24-15)10-9-5-20-7(2)6-25(9)16(21-10)13(18)27/h5-6,26H,4,17H2,1-3H3,(H2,18,27)(H,22,23,24). The molecule has 3 rings (SSSR count). The molecule has 140 valence electrons. The number of imidazole rings is 1. The van der Waals surface area contributed by atoms with E-state index in [1.54, 1.807) is 30.6 Å². The summed E-state index contributed by atoms with van der Waals surface area (Å²) >= 11 is 0. The first-order valence-corrected chi connectivity index (χ1v) is 8.11. The molecule has 0 unspecified atom stereocenters. The Labute approximate surface area is 153 Å². The molecule has 0 bridgehead atoms. The average molecular weight is 369 g/mol. The van der Waals surface area contributed by atoms with Crippen LogP contribution in [0.5, 0.6) is 0 Å². The van der Waals surface area contributed by atoms with Crippen LogP contribution in [0.15, 0.2) is 28.8 Å². The second kappa shape index (κ2) is 6.86. The van der Waals surface area contributed by atoms with Crippen LogP contribution >= 0.6 is 0 Å². The van der Waals surface area contributed by atoms with Crippen LogP contribution in [0.1, 0.15) is 36.0 Å². The van der Waals surface area contributed by atoms with Crippen LogP contribution in [0.2, 0.25) is 0 Å². The van der Waals surface area contributed by atoms with Crippen LogP contribution in [0, 0.1) is 6.92 Å². The first-order chi connectivity index (χ1) is 12.8. The molecule has 0 saturated heterocycles. The molecule has 3 aromatic heterocycles. The van der Waals surface area contributed by atoms with Crippen LogP contribution in [-0.4, -0.2) is 52.8 Å². The molecule has 11 nitrogen and oxygen atoms in total. The molecule has 0 spiro atoms. The summed E-state index contributed by atoms with van der Waals surface area (Å²) in [5, 5.41) is 17.0. The second-order valence-electron chi connectivity index (χ2n) is 5.79. The lowest BCUT2D eigenvalue weighted by Crippen LogP contribution is -2.15. The Morgan fingerprint density at radius 2 is 2.11 bits per heavy atom. The van der Waals surface area contributed by atoms with E-state index in [0.717, 1.165) is 0 Å². The normalized spacial score (nSPS) is 13.1. The van der Waals surface area contributed by atoms with Gasteiger partial charge in [-0.2, -0.15) is 5.10 Å². The number of hydrogen-bond donors (Lipinski definition) is 4. The molecule has 0 radical (unpaired) electrons. The third kappa shape index (κ3) is 3.21. The Hall–Kier alpha value is -3.76. The smallest absolute Gasteiger partial charge is 0.285 e. The number of fused-ring (bicyclic) bond motifs is 1. The molecule has 27 heavy (non-hydrogen) atoms. The van der Waals surface area contributed by atoms with Gasteiger partial charge in [0.2, 0.25) is 11.6 Å². The summed E-state index contributed by atoms with van der Waals surface area (Å²) in [4.78, 5) is 28.8. The summed E-state index contributed by atoms with van der Waals surface area (Å²) in [5.74, 6) is -0.419. The van der Waals surface area contributed by atoms with Crippen molar-refractivity contribution in [1.82, 2.24) is 29.5 Å². The number of allylic oxidation sites excluding steroid dienone is 2. The van der Waals surface area contributed by atoms with E-state index in [9.17, 15) is 9.90 Å². The number of carbonyl (C=O) groups excluding carboxylic acids is 1. The van der Waals surface area contributed by atoms with E-state index in [-0.39, 0.29) is 34.6 Å². The van der Waals surface area contributed by atoms with Gasteiger partial charge in [-0.25, -0.2) is 9.97 Å². The van der Waals surface area contributed by atoms with Gasteiger partial charge in [0.05, 0.1) is 17.4 Å². The number of aliphatic hydroxyl groups excluding tert-OH is 1. The van der Waals surface area contributed by atoms with Crippen LogP contribution in [0.3, 0.4) is 0 Å². The molecule has 11 heteroatoms. The van der Waals surface area contributed by atoms with Crippen LogP contribution in [-0.2, 0) is 0 Å². The maximum absolute atomic E-state index is 11.7. The minimum absolute atomic E-state index is 0.0415. The first kappa shape index (κ1) is 18.0. The number of aromatic amines is 1. The van der Waals surface area contributed by atoms with Gasteiger partial charge in [-0.15, -0.1) is 0 Å². The number of nitrogens with two attached hydrogens (primary N) is 2. The lowest BCUT2D eigenvalue weighted by Gasteiger charge is -2.03.